The first-order valence-electron chi connectivity index (χ1n) is 13.0. The third kappa shape index (κ3) is 7.55. The second kappa shape index (κ2) is 13.3. The first-order valence-corrected chi connectivity index (χ1v) is 13.9. The Morgan fingerprint density at radius 1 is 1.12 bits per heavy atom. The van der Waals surface area contributed by atoms with Crippen molar-refractivity contribution in [1.29, 1.82) is 0 Å². The molecular formula is C27H27F4N5O6S. The van der Waals surface area contributed by atoms with Gasteiger partial charge in [0.15, 0.2) is 16.7 Å². The van der Waals surface area contributed by atoms with E-state index in [-0.39, 0.29) is 45.5 Å². The molecule has 16 heteroatoms. The predicted molar refractivity (Wildman–Crippen MR) is 146 cm³/mol. The summed E-state index contributed by atoms with van der Waals surface area (Å²) in [6.45, 7) is 3.95. The van der Waals surface area contributed by atoms with Gasteiger partial charge in [-0.3, -0.25) is 19.7 Å². The molecule has 0 saturated carbocycles. The monoisotopic (exact) mass is 625 g/mol. The molecule has 2 aromatic heterocycles. The molecule has 3 heterocycles. The second-order valence-electron chi connectivity index (χ2n) is 9.34. The number of benzene rings is 1. The molecule has 0 atom stereocenters. The number of amides is 1. The van der Waals surface area contributed by atoms with Crippen LogP contribution in [0.3, 0.4) is 0 Å². The maximum absolute atomic E-state index is 14.6. The number of hydrogen-bond acceptors (Lipinski definition) is 11. The van der Waals surface area contributed by atoms with Gasteiger partial charge in [-0.15, -0.1) is 0 Å². The molecule has 43 heavy (non-hydrogen) atoms. The number of thiazole rings is 1. The zero-order valence-electron chi connectivity index (χ0n) is 23.3. The van der Waals surface area contributed by atoms with E-state index in [1.807, 2.05) is 4.90 Å². The van der Waals surface area contributed by atoms with E-state index in [9.17, 15) is 31.9 Å². The molecule has 3 aromatic rings. The van der Waals surface area contributed by atoms with Crippen molar-refractivity contribution in [3.05, 3.63) is 46.5 Å². The second-order valence-corrected chi connectivity index (χ2v) is 10.4. The van der Waals surface area contributed by atoms with Gasteiger partial charge in [-0.2, -0.15) is 13.2 Å². The summed E-state index contributed by atoms with van der Waals surface area (Å²) in [5.41, 5.74) is -1.82. The number of carbonyl (C=O) groups is 3. The molecule has 1 saturated heterocycles. The molecule has 1 fully saturated rings. The third-order valence-corrected chi connectivity index (χ3v) is 7.40. The summed E-state index contributed by atoms with van der Waals surface area (Å²) in [5.74, 6) is -3.52. The number of alkyl halides is 3. The van der Waals surface area contributed by atoms with Crippen LogP contribution in [0.15, 0.2) is 24.5 Å². The number of nitrogens with one attached hydrogen (secondary N) is 1. The molecule has 0 unspecified atom stereocenters. The van der Waals surface area contributed by atoms with E-state index < -0.39 is 35.2 Å². The largest absolute Gasteiger partial charge is 0.493 e. The van der Waals surface area contributed by atoms with Gasteiger partial charge < -0.3 is 19.1 Å². The average molecular weight is 626 g/mol. The van der Waals surface area contributed by atoms with Crippen molar-refractivity contribution >= 4 is 40.1 Å². The number of ether oxygens (including phenoxy) is 3. The predicted octanol–water partition coefficient (Wildman–Crippen LogP) is 4.86. The number of nitrogens with zero attached hydrogens (tertiary/aromatic N) is 4. The number of methoxy groups -OCH3 is 1. The Kier molecular flexibility index (Phi) is 9.78. The Bertz CT molecular complexity index is 1490. The Morgan fingerprint density at radius 3 is 2.42 bits per heavy atom. The van der Waals surface area contributed by atoms with Crippen LogP contribution in [0, 0.1) is 11.7 Å². The van der Waals surface area contributed by atoms with Crippen LogP contribution in [0.25, 0.3) is 11.3 Å². The minimum atomic E-state index is -4.94. The van der Waals surface area contributed by atoms with E-state index in [1.54, 1.807) is 6.92 Å². The van der Waals surface area contributed by atoms with E-state index in [2.05, 4.69) is 25.0 Å². The summed E-state index contributed by atoms with van der Waals surface area (Å²) in [6, 6.07) is 1.48. The van der Waals surface area contributed by atoms with Gasteiger partial charge in [0.25, 0.3) is 5.91 Å². The number of esters is 2. The Hall–Kier alpha value is -4.34. The zero-order valence-corrected chi connectivity index (χ0v) is 24.1. The molecule has 0 radical (unpaired) electrons. The highest BCUT2D eigenvalue weighted by Crippen LogP contribution is 2.42. The molecule has 4 rings (SSSR count). The van der Waals surface area contributed by atoms with Gasteiger partial charge in [0.05, 0.1) is 42.6 Å². The van der Waals surface area contributed by atoms with Crippen molar-refractivity contribution in [1.82, 2.24) is 15.0 Å². The Labute approximate surface area is 247 Å². The van der Waals surface area contributed by atoms with Gasteiger partial charge in [0.2, 0.25) is 0 Å². The van der Waals surface area contributed by atoms with E-state index in [0.717, 1.165) is 31.4 Å². The van der Waals surface area contributed by atoms with Crippen LogP contribution >= 0.6 is 11.3 Å². The maximum atomic E-state index is 14.6. The average Bonchev–Trinajstić information content (AvgIpc) is 3.38. The van der Waals surface area contributed by atoms with Crippen molar-refractivity contribution in [2.75, 3.05) is 37.0 Å². The van der Waals surface area contributed by atoms with E-state index in [0.29, 0.717) is 44.4 Å². The molecule has 1 amide bonds. The topological polar surface area (TPSA) is 133 Å². The van der Waals surface area contributed by atoms with Crippen LogP contribution in [-0.2, 0) is 31.8 Å². The van der Waals surface area contributed by atoms with Gasteiger partial charge in [-0.05, 0) is 31.9 Å². The van der Waals surface area contributed by atoms with E-state index >= 15 is 0 Å². The van der Waals surface area contributed by atoms with Gasteiger partial charge in [0.1, 0.15) is 23.7 Å². The molecule has 1 N–H and O–H groups in total. The Morgan fingerprint density at radius 2 is 1.84 bits per heavy atom. The molecule has 230 valence electrons. The van der Waals surface area contributed by atoms with Crippen molar-refractivity contribution in [3.8, 4) is 17.0 Å². The summed E-state index contributed by atoms with van der Waals surface area (Å²) in [6.07, 6.45) is -1.09. The van der Waals surface area contributed by atoms with Crippen molar-refractivity contribution in [3.63, 3.8) is 0 Å². The number of rotatable bonds is 9. The number of halogens is 4. The Balaban J connectivity index is 1.53. The molecule has 11 nitrogen and oxygen atoms in total. The number of hydrogen-bond donors (Lipinski definition) is 1. The van der Waals surface area contributed by atoms with Crippen LogP contribution in [0.2, 0.25) is 0 Å². The normalized spacial score (nSPS) is 13.9. The van der Waals surface area contributed by atoms with Gasteiger partial charge in [-0.25, -0.2) is 19.3 Å². The summed E-state index contributed by atoms with van der Waals surface area (Å²) in [5, 5.41) is 2.45. The van der Waals surface area contributed by atoms with Gasteiger partial charge in [-0.1, -0.05) is 11.3 Å². The van der Waals surface area contributed by atoms with Gasteiger partial charge in [0, 0.05) is 25.6 Å². The fourth-order valence-corrected chi connectivity index (χ4v) is 5.30. The number of aromatic nitrogens is 3. The van der Waals surface area contributed by atoms with Crippen LogP contribution in [-0.4, -0.2) is 59.6 Å². The number of carbonyl (C=O) groups excluding carboxylic acids is 3. The standard InChI is InChI=1S/C27H27F4N5O6S/c1-4-41-25(39)15-5-7-36(8-6-15)21-12-32-19(11-33-21)24(38)35-26-34-22(20(43-26)13-42-14(2)37)16-9-17(27(29,30)31)23(40-3)18(28)10-16/h9-12,15H,4-8,13H2,1-3H3,(H,34,35,38). The minimum Gasteiger partial charge on any atom is -0.493 e. The van der Waals surface area contributed by atoms with E-state index in [1.165, 1.54) is 12.4 Å². The van der Waals surface area contributed by atoms with Crippen molar-refractivity contribution in [2.24, 2.45) is 5.92 Å². The molecule has 1 aliphatic rings. The number of piperidine rings is 1. The summed E-state index contributed by atoms with van der Waals surface area (Å²) in [7, 11) is 0.916. The number of anilines is 2. The minimum absolute atomic E-state index is 0.0566. The molecular weight excluding hydrogens is 598 g/mol. The molecule has 0 spiro atoms. The van der Waals surface area contributed by atoms with Crippen LogP contribution in [0.5, 0.6) is 5.75 Å². The van der Waals surface area contributed by atoms with Crippen molar-refractivity contribution < 1.29 is 46.2 Å². The van der Waals surface area contributed by atoms with Crippen LogP contribution < -0.4 is 15.0 Å². The van der Waals surface area contributed by atoms with E-state index in [4.69, 9.17) is 9.47 Å². The highest BCUT2D eigenvalue weighted by Gasteiger charge is 2.37. The summed E-state index contributed by atoms with van der Waals surface area (Å²) < 4.78 is 70.2. The SMILES string of the molecule is CCOC(=O)C1CCN(c2cnc(C(=O)Nc3nc(-c4cc(F)c(OC)c(C(F)(F)F)c4)c(COC(C)=O)s3)cn2)CC1. The lowest BCUT2D eigenvalue weighted by Crippen LogP contribution is -2.37. The molecule has 0 aliphatic carbocycles. The third-order valence-electron chi connectivity index (χ3n) is 6.46. The fourth-order valence-electron chi connectivity index (χ4n) is 4.41. The first-order chi connectivity index (χ1) is 20.4. The summed E-state index contributed by atoms with van der Waals surface area (Å²) >= 11 is 0.831. The van der Waals surface area contributed by atoms with Gasteiger partial charge >= 0.3 is 18.1 Å². The summed E-state index contributed by atoms with van der Waals surface area (Å²) in [4.78, 5) is 51.0. The zero-order chi connectivity index (χ0) is 31.3. The van der Waals surface area contributed by atoms with Crippen LogP contribution in [0.1, 0.15) is 47.6 Å². The maximum Gasteiger partial charge on any atom is 0.420 e. The molecule has 0 bridgehead atoms. The van der Waals surface area contributed by atoms with Crippen LogP contribution in [0.4, 0.5) is 28.5 Å². The quantitative estimate of drug-likeness (QED) is 0.260. The smallest absolute Gasteiger partial charge is 0.420 e. The highest BCUT2D eigenvalue weighted by atomic mass is 32.1. The fraction of sp³-hybridized carbons (Fsp3) is 0.407. The lowest BCUT2D eigenvalue weighted by Gasteiger charge is -2.31. The van der Waals surface area contributed by atoms with Crippen molar-refractivity contribution in [2.45, 2.75) is 39.5 Å². The highest BCUT2D eigenvalue weighted by molar-refractivity contribution is 7.16. The molecule has 1 aromatic carbocycles. The molecule has 1 aliphatic heterocycles. The lowest BCUT2D eigenvalue weighted by molar-refractivity contribution is -0.148. The lowest BCUT2D eigenvalue weighted by atomic mass is 9.97. The first kappa shape index (κ1) is 31.6.